The van der Waals surface area contributed by atoms with Gasteiger partial charge in [0.05, 0.1) is 24.2 Å². The average Bonchev–Trinajstić information content (AvgIpc) is 3.17. The Hall–Kier alpha value is -3.53. The number of nitriles is 1. The maximum atomic E-state index is 12.1. The molecule has 1 atom stereocenters. The van der Waals surface area contributed by atoms with E-state index in [0.717, 1.165) is 11.1 Å². The Morgan fingerprint density at radius 1 is 1.19 bits per heavy atom. The van der Waals surface area contributed by atoms with E-state index in [1.165, 1.54) is 4.80 Å². The molecule has 0 saturated heterocycles. The summed E-state index contributed by atoms with van der Waals surface area (Å²) >= 11 is 0. The highest BCUT2D eigenvalue weighted by atomic mass is 16.1. The van der Waals surface area contributed by atoms with Crippen LogP contribution in [0.15, 0.2) is 54.6 Å². The van der Waals surface area contributed by atoms with Crippen LogP contribution >= 0.6 is 0 Å². The maximum absolute atomic E-state index is 12.1. The molecular formula is C20H20N6O. The summed E-state index contributed by atoms with van der Waals surface area (Å²) in [7, 11) is 0. The lowest BCUT2D eigenvalue weighted by Gasteiger charge is -2.14. The molecular weight excluding hydrogens is 340 g/mol. The van der Waals surface area contributed by atoms with E-state index in [2.05, 4.69) is 26.8 Å². The molecule has 3 aromatic rings. The van der Waals surface area contributed by atoms with Crippen LogP contribution in [0.3, 0.4) is 0 Å². The first kappa shape index (κ1) is 18.3. The Morgan fingerprint density at radius 2 is 1.93 bits per heavy atom. The fraction of sp³-hybridized carbons (Fsp3) is 0.250. The predicted octanol–water partition coefficient (Wildman–Crippen LogP) is 2.87. The van der Waals surface area contributed by atoms with E-state index in [1.807, 2.05) is 49.4 Å². The van der Waals surface area contributed by atoms with Gasteiger partial charge < -0.3 is 5.32 Å². The third kappa shape index (κ3) is 4.98. The standard InChI is InChI=1S/C20H20N6O/c1-15(17-11-9-16(14-21)10-12-17)22-19(27)8-5-13-26-24-20(23-25-26)18-6-3-2-4-7-18/h2-4,6-7,9-12,15H,5,8,13H2,1H3,(H,22,27). The first-order valence-corrected chi connectivity index (χ1v) is 8.78. The van der Waals surface area contributed by atoms with Gasteiger partial charge in [0.1, 0.15) is 0 Å². The van der Waals surface area contributed by atoms with E-state index in [4.69, 9.17) is 5.26 Å². The van der Waals surface area contributed by atoms with Crippen molar-refractivity contribution in [2.45, 2.75) is 32.4 Å². The summed E-state index contributed by atoms with van der Waals surface area (Å²) in [6, 6.07) is 18.8. The van der Waals surface area contributed by atoms with Gasteiger partial charge in [-0.1, -0.05) is 42.5 Å². The lowest BCUT2D eigenvalue weighted by atomic mass is 10.1. The van der Waals surface area contributed by atoms with Gasteiger partial charge >= 0.3 is 0 Å². The Labute approximate surface area is 157 Å². The van der Waals surface area contributed by atoms with Crippen molar-refractivity contribution >= 4 is 5.91 Å². The van der Waals surface area contributed by atoms with Crippen molar-refractivity contribution in [2.75, 3.05) is 0 Å². The van der Waals surface area contributed by atoms with Crippen LogP contribution in [0.1, 0.15) is 36.9 Å². The van der Waals surface area contributed by atoms with Gasteiger partial charge in [0.2, 0.25) is 11.7 Å². The van der Waals surface area contributed by atoms with Crippen molar-refractivity contribution in [1.29, 1.82) is 5.26 Å². The van der Waals surface area contributed by atoms with Crippen molar-refractivity contribution in [3.63, 3.8) is 0 Å². The summed E-state index contributed by atoms with van der Waals surface area (Å²) < 4.78 is 0. The van der Waals surface area contributed by atoms with Gasteiger partial charge in [0.15, 0.2) is 0 Å². The van der Waals surface area contributed by atoms with Gasteiger partial charge in [-0.25, -0.2) is 0 Å². The Morgan fingerprint density at radius 3 is 2.63 bits per heavy atom. The number of rotatable bonds is 7. The van der Waals surface area contributed by atoms with E-state index < -0.39 is 0 Å². The van der Waals surface area contributed by atoms with E-state index >= 15 is 0 Å². The summed E-state index contributed by atoms with van der Waals surface area (Å²) in [5.74, 6) is 0.546. The molecule has 0 aliphatic heterocycles. The van der Waals surface area contributed by atoms with Crippen molar-refractivity contribution in [3.8, 4) is 17.5 Å². The molecule has 7 nitrogen and oxygen atoms in total. The number of nitrogens with one attached hydrogen (secondary N) is 1. The summed E-state index contributed by atoms with van der Waals surface area (Å²) in [6.45, 7) is 2.45. The van der Waals surface area contributed by atoms with Crippen LogP contribution in [0.4, 0.5) is 0 Å². The van der Waals surface area contributed by atoms with E-state index in [1.54, 1.807) is 12.1 Å². The zero-order valence-corrected chi connectivity index (χ0v) is 15.0. The first-order chi connectivity index (χ1) is 13.2. The fourth-order valence-electron chi connectivity index (χ4n) is 2.67. The van der Waals surface area contributed by atoms with Crippen LogP contribution in [0, 0.1) is 11.3 Å². The zero-order chi connectivity index (χ0) is 19.1. The van der Waals surface area contributed by atoms with E-state index in [9.17, 15) is 4.79 Å². The van der Waals surface area contributed by atoms with E-state index in [-0.39, 0.29) is 11.9 Å². The van der Waals surface area contributed by atoms with Crippen LogP contribution in [0.25, 0.3) is 11.4 Å². The van der Waals surface area contributed by atoms with Crippen molar-refractivity contribution < 1.29 is 4.79 Å². The molecule has 0 spiro atoms. The minimum absolute atomic E-state index is 0.0322. The Kier molecular flexibility index (Phi) is 5.90. The molecule has 1 heterocycles. The van der Waals surface area contributed by atoms with Crippen molar-refractivity contribution in [1.82, 2.24) is 25.5 Å². The highest BCUT2D eigenvalue weighted by molar-refractivity contribution is 5.76. The van der Waals surface area contributed by atoms with Crippen LogP contribution in [0.5, 0.6) is 0 Å². The number of aryl methyl sites for hydroxylation is 1. The molecule has 7 heteroatoms. The molecule has 1 N–H and O–H groups in total. The number of benzene rings is 2. The second-order valence-electron chi connectivity index (χ2n) is 6.20. The van der Waals surface area contributed by atoms with Gasteiger partial charge in [-0.15, -0.1) is 10.2 Å². The maximum Gasteiger partial charge on any atom is 0.220 e. The first-order valence-electron chi connectivity index (χ1n) is 8.78. The zero-order valence-electron chi connectivity index (χ0n) is 15.0. The number of aromatic nitrogens is 4. The largest absolute Gasteiger partial charge is 0.350 e. The quantitative estimate of drug-likeness (QED) is 0.699. The highest BCUT2D eigenvalue weighted by Crippen LogP contribution is 2.14. The lowest BCUT2D eigenvalue weighted by Crippen LogP contribution is -2.26. The number of hydrogen-bond acceptors (Lipinski definition) is 5. The normalized spacial score (nSPS) is 11.6. The van der Waals surface area contributed by atoms with Gasteiger partial charge in [0.25, 0.3) is 0 Å². The monoisotopic (exact) mass is 360 g/mol. The molecule has 0 aliphatic rings. The summed E-state index contributed by atoms with van der Waals surface area (Å²) in [5.41, 5.74) is 2.48. The Bertz CT molecular complexity index is 927. The number of carbonyl (C=O) groups excluding carboxylic acids is 1. The van der Waals surface area contributed by atoms with Crippen LogP contribution in [0.2, 0.25) is 0 Å². The summed E-state index contributed by atoms with van der Waals surface area (Å²) in [6.07, 6.45) is 0.999. The molecule has 136 valence electrons. The average molecular weight is 360 g/mol. The number of carbonyl (C=O) groups is 1. The molecule has 0 fully saturated rings. The SMILES string of the molecule is CC(NC(=O)CCCn1nnc(-c2ccccc2)n1)c1ccc(C#N)cc1. The lowest BCUT2D eigenvalue weighted by molar-refractivity contribution is -0.121. The van der Waals surface area contributed by atoms with E-state index in [0.29, 0.717) is 30.8 Å². The third-order valence-corrected chi connectivity index (χ3v) is 4.16. The molecule has 27 heavy (non-hydrogen) atoms. The van der Waals surface area contributed by atoms with Gasteiger partial charge in [-0.2, -0.15) is 10.1 Å². The molecule has 1 aromatic heterocycles. The fourth-order valence-corrected chi connectivity index (χ4v) is 2.67. The summed E-state index contributed by atoms with van der Waals surface area (Å²) in [4.78, 5) is 13.7. The Balaban J connectivity index is 1.45. The van der Waals surface area contributed by atoms with Crippen LogP contribution in [-0.2, 0) is 11.3 Å². The molecule has 0 aliphatic carbocycles. The number of amides is 1. The molecule has 0 radical (unpaired) electrons. The second kappa shape index (κ2) is 8.72. The third-order valence-electron chi connectivity index (χ3n) is 4.16. The highest BCUT2D eigenvalue weighted by Gasteiger charge is 2.10. The predicted molar refractivity (Wildman–Crippen MR) is 100 cm³/mol. The molecule has 1 amide bonds. The van der Waals surface area contributed by atoms with Crippen LogP contribution < -0.4 is 5.32 Å². The van der Waals surface area contributed by atoms with Crippen molar-refractivity contribution in [3.05, 3.63) is 65.7 Å². The topological polar surface area (TPSA) is 96.5 Å². The number of hydrogen-bond donors (Lipinski definition) is 1. The van der Waals surface area contributed by atoms with Gasteiger partial charge in [-0.3, -0.25) is 4.79 Å². The minimum Gasteiger partial charge on any atom is -0.350 e. The molecule has 1 unspecified atom stereocenters. The van der Waals surface area contributed by atoms with Gasteiger partial charge in [0, 0.05) is 12.0 Å². The molecule has 0 bridgehead atoms. The second-order valence-corrected chi connectivity index (χ2v) is 6.20. The number of nitrogens with zero attached hydrogens (tertiary/aromatic N) is 5. The minimum atomic E-state index is -0.112. The van der Waals surface area contributed by atoms with Gasteiger partial charge in [-0.05, 0) is 36.3 Å². The smallest absolute Gasteiger partial charge is 0.220 e. The van der Waals surface area contributed by atoms with Crippen molar-refractivity contribution in [2.24, 2.45) is 0 Å². The molecule has 3 rings (SSSR count). The van der Waals surface area contributed by atoms with Crippen LogP contribution in [-0.4, -0.2) is 26.1 Å². The molecule has 2 aromatic carbocycles. The summed E-state index contributed by atoms with van der Waals surface area (Å²) in [5, 5.41) is 24.2. The molecule has 0 saturated carbocycles. The number of tetrazole rings is 1.